The Morgan fingerprint density at radius 1 is 1.13 bits per heavy atom. The molecule has 0 bridgehead atoms. The van der Waals surface area contributed by atoms with Crippen LogP contribution in [0.3, 0.4) is 0 Å². The molecule has 4 atom stereocenters. The van der Waals surface area contributed by atoms with E-state index in [4.69, 9.17) is 0 Å². The number of hydrogen-bond acceptors (Lipinski definition) is 0. The molecule has 1 aliphatic rings. The average Bonchev–Trinajstić information content (AvgIpc) is 2.22. The molecule has 1 rings (SSSR count). The second-order valence-electron chi connectivity index (χ2n) is 5.74. The molecule has 0 spiro atoms. The molecule has 15 heavy (non-hydrogen) atoms. The van der Waals surface area contributed by atoms with Crippen molar-refractivity contribution in [3.63, 3.8) is 0 Å². The first-order chi connectivity index (χ1) is 7.20. The molecule has 0 aromatic carbocycles. The van der Waals surface area contributed by atoms with Crippen LogP contribution in [-0.4, -0.2) is 0 Å². The Bertz CT molecular complexity index is 161. The molecule has 0 aromatic rings. The summed E-state index contributed by atoms with van der Waals surface area (Å²) in [6, 6.07) is 0. The summed E-state index contributed by atoms with van der Waals surface area (Å²) in [4.78, 5) is 0. The molecular formula is C15H30. The van der Waals surface area contributed by atoms with Gasteiger partial charge in [0, 0.05) is 0 Å². The minimum absolute atomic E-state index is 0.982. The highest BCUT2D eigenvalue weighted by Gasteiger charge is 2.34. The van der Waals surface area contributed by atoms with Gasteiger partial charge >= 0.3 is 0 Å². The fourth-order valence-corrected chi connectivity index (χ4v) is 3.32. The summed E-state index contributed by atoms with van der Waals surface area (Å²) in [5.74, 6) is 4.05. The maximum Gasteiger partial charge on any atom is -0.0360 e. The predicted octanol–water partition coefficient (Wildman–Crippen LogP) is 5.28. The lowest BCUT2D eigenvalue weighted by molar-refractivity contribution is 0.0830. The van der Waals surface area contributed by atoms with Gasteiger partial charge in [0.2, 0.25) is 0 Å². The van der Waals surface area contributed by atoms with Gasteiger partial charge in [-0.3, -0.25) is 0 Å². The van der Waals surface area contributed by atoms with Crippen molar-refractivity contribution in [2.45, 2.75) is 72.6 Å². The lowest BCUT2D eigenvalue weighted by atomic mass is 9.64. The van der Waals surface area contributed by atoms with Crippen molar-refractivity contribution < 1.29 is 0 Å². The third-order valence-electron chi connectivity index (χ3n) is 4.81. The molecule has 0 heterocycles. The van der Waals surface area contributed by atoms with Crippen LogP contribution in [0.15, 0.2) is 0 Å². The van der Waals surface area contributed by atoms with Gasteiger partial charge in [-0.2, -0.15) is 0 Å². The summed E-state index contributed by atoms with van der Waals surface area (Å²) in [7, 11) is 0. The van der Waals surface area contributed by atoms with E-state index in [1.165, 1.54) is 44.9 Å². The van der Waals surface area contributed by atoms with Crippen LogP contribution in [0.2, 0.25) is 0 Å². The smallest absolute Gasteiger partial charge is 0.0360 e. The lowest BCUT2D eigenvalue weighted by Gasteiger charge is -2.42. The van der Waals surface area contributed by atoms with Gasteiger partial charge in [-0.1, -0.05) is 66.2 Å². The summed E-state index contributed by atoms with van der Waals surface area (Å²) in [5.41, 5.74) is 0. The Labute approximate surface area is 96.8 Å². The Morgan fingerprint density at radius 3 is 2.27 bits per heavy atom. The highest BCUT2D eigenvalue weighted by Crippen LogP contribution is 2.43. The standard InChI is InChI=1S/C15H30/c1-5-7-8-9-14(6-2)13(4)15-11-10-12(15)3/h12-15H,5-11H2,1-4H3. The number of rotatable bonds is 7. The van der Waals surface area contributed by atoms with Crippen molar-refractivity contribution >= 4 is 0 Å². The van der Waals surface area contributed by atoms with Crippen molar-refractivity contribution in [1.29, 1.82) is 0 Å². The topological polar surface area (TPSA) is 0 Å². The fourth-order valence-electron chi connectivity index (χ4n) is 3.32. The van der Waals surface area contributed by atoms with Gasteiger partial charge in [0.05, 0.1) is 0 Å². The van der Waals surface area contributed by atoms with E-state index < -0.39 is 0 Å². The second-order valence-corrected chi connectivity index (χ2v) is 5.74. The van der Waals surface area contributed by atoms with E-state index >= 15 is 0 Å². The van der Waals surface area contributed by atoms with E-state index in [0.717, 1.165) is 23.7 Å². The first kappa shape index (κ1) is 13.1. The maximum absolute atomic E-state index is 2.51. The van der Waals surface area contributed by atoms with Crippen LogP contribution in [0.25, 0.3) is 0 Å². The summed E-state index contributed by atoms with van der Waals surface area (Å²) < 4.78 is 0. The summed E-state index contributed by atoms with van der Waals surface area (Å²) >= 11 is 0. The molecule has 0 amide bonds. The Morgan fingerprint density at radius 2 is 1.87 bits per heavy atom. The van der Waals surface area contributed by atoms with Crippen LogP contribution in [0, 0.1) is 23.7 Å². The zero-order chi connectivity index (χ0) is 11.3. The molecule has 0 aliphatic heterocycles. The molecule has 90 valence electrons. The minimum Gasteiger partial charge on any atom is -0.0654 e. The molecule has 0 N–H and O–H groups in total. The van der Waals surface area contributed by atoms with Crippen LogP contribution in [0.5, 0.6) is 0 Å². The SMILES string of the molecule is CCCCCC(CC)C(C)C1CCC1C. The van der Waals surface area contributed by atoms with Crippen LogP contribution < -0.4 is 0 Å². The fraction of sp³-hybridized carbons (Fsp3) is 1.00. The number of unbranched alkanes of at least 4 members (excludes halogenated alkanes) is 2. The summed E-state index contributed by atoms with van der Waals surface area (Å²) in [5, 5.41) is 0. The van der Waals surface area contributed by atoms with Gasteiger partial charge in [0.15, 0.2) is 0 Å². The molecule has 0 aromatic heterocycles. The minimum atomic E-state index is 0.982. The second kappa shape index (κ2) is 6.55. The van der Waals surface area contributed by atoms with E-state index in [1.807, 2.05) is 0 Å². The first-order valence-corrected chi connectivity index (χ1v) is 7.20. The molecule has 1 fully saturated rings. The monoisotopic (exact) mass is 210 g/mol. The number of hydrogen-bond donors (Lipinski definition) is 0. The van der Waals surface area contributed by atoms with Crippen molar-refractivity contribution in [2.24, 2.45) is 23.7 Å². The third kappa shape index (κ3) is 3.50. The average molecular weight is 210 g/mol. The quantitative estimate of drug-likeness (QED) is 0.502. The van der Waals surface area contributed by atoms with Gasteiger partial charge in [0.1, 0.15) is 0 Å². The van der Waals surface area contributed by atoms with Crippen LogP contribution in [-0.2, 0) is 0 Å². The Kier molecular flexibility index (Phi) is 5.71. The van der Waals surface area contributed by atoms with Gasteiger partial charge in [0.25, 0.3) is 0 Å². The van der Waals surface area contributed by atoms with Crippen molar-refractivity contribution in [1.82, 2.24) is 0 Å². The zero-order valence-corrected chi connectivity index (χ0v) is 11.3. The van der Waals surface area contributed by atoms with Crippen LogP contribution in [0.1, 0.15) is 72.6 Å². The van der Waals surface area contributed by atoms with E-state index in [9.17, 15) is 0 Å². The van der Waals surface area contributed by atoms with Crippen molar-refractivity contribution in [3.8, 4) is 0 Å². The molecule has 0 saturated heterocycles. The molecule has 0 nitrogen and oxygen atoms in total. The normalized spacial score (nSPS) is 29.6. The highest BCUT2D eigenvalue weighted by atomic mass is 14.4. The van der Waals surface area contributed by atoms with E-state index in [0.29, 0.717) is 0 Å². The highest BCUT2D eigenvalue weighted by molar-refractivity contribution is 4.84. The molecular weight excluding hydrogens is 180 g/mol. The van der Waals surface area contributed by atoms with Gasteiger partial charge in [-0.05, 0) is 30.1 Å². The van der Waals surface area contributed by atoms with Gasteiger partial charge in [-0.15, -0.1) is 0 Å². The van der Waals surface area contributed by atoms with Crippen LogP contribution in [0.4, 0.5) is 0 Å². The van der Waals surface area contributed by atoms with Crippen molar-refractivity contribution in [3.05, 3.63) is 0 Å². The van der Waals surface area contributed by atoms with Crippen LogP contribution >= 0.6 is 0 Å². The summed E-state index contributed by atoms with van der Waals surface area (Å²) in [6.07, 6.45) is 10.1. The largest absolute Gasteiger partial charge is 0.0654 e. The Hall–Kier alpha value is 0. The van der Waals surface area contributed by atoms with E-state index in [-0.39, 0.29) is 0 Å². The zero-order valence-electron chi connectivity index (χ0n) is 11.3. The lowest BCUT2D eigenvalue weighted by Crippen LogP contribution is -2.33. The predicted molar refractivity (Wildman–Crippen MR) is 69.0 cm³/mol. The Balaban J connectivity index is 2.29. The molecule has 1 saturated carbocycles. The first-order valence-electron chi connectivity index (χ1n) is 7.20. The molecule has 0 radical (unpaired) electrons. The van der Waals surface area contributed by atoms with Gasteiger partial charge in [-0.25, -0.2) is 0 Å². The third-order valence-corrected chi connectivity index (χ3v) is 4.81. The maximum atomic E-state index is 2.51. The molecule has 0 heteroatoms. The van der Waals surface area contributed by atoms with Gasteiger partial charge < -0.3 is 0 Å². The van der Waals surface area contributed by atoms with Crippen molar-refractivity contribution in [2.75, 3.05) is 0 Å². The summed E-state index contributed by atoms with van der Waals surface area (Å²) in [6.45, 7) is 9.65. The van der Waals surface area contributed by atoms with E-state index in [1.54, 1.807) is 0 Å². The molecule has 4 unspecified atom stereocenters. The van der Waals surface area contributed by atoms with E-state index in [2.05, 4.69) is 27.7 Å². The molecule has 1 aliphatic carbocycles.